The molecule has 0 aliphatic carbocycles. The number of hydrogen-bond donors (Lipinski definition) is 3. The molecule has 7 nitrogen and oxygen atoms in total. The average Bonchev–Trinajstić information content (AvgIpc) is 3.03. The number of hydrogen-bond acceptors (Lipinski definition) is 4. The Kier molecular flexibility index (Phi) is 6.97. The first kappa shape index (κ1) is 20.5. The summed E-state index contributed by atoms with van der Waals surface area (Å²) in [5.41, 5.74) is 1.85. The van der Waals surface area contributed by atoms with Gasteiger partial charge in [0.25, 0.3) is 5.91 Å². The Bertz CT molecular complexity index is 842. The molecule has 1 saturated heterocycles. The molecule has 0 spiro atoms. The van der Waals surface area contributed by atoms with E-state index in [-0.39, 0.29) is 31.3 Å². The van der Waals surface area contributed by atoms with E-state index >= 15 is 0 Å². The van der Waals surface area contributed by atoms with Crippen LogP contribution in [-0.2, 0) is 16.0 Å². The monoisotopic (exact) mass is 395 g/mol. The Morgan fingerprint density at radius 3 is 2.38 bits per heavy atom. The molecule has 2 aromatic carbocycles. The van der Waals surface area contributed by atoms with Gasteiger partial charge in [-0.05, 0) is 24.0 Å². The fourth-order valence-electron chi connectivity index (χ4n) is 3.33. The number of rotatable bonds is 9. The van der Waals surface area contributed by atoms with Gasteiger partial charge in [-0.2, -0.15) is 0 Å². The smallest absolute Gasteiger partial charge is 0.324 e. The molecule has 0 aromatic heterocycles. The molecule has 0 radical (unpaired) electrons. The van der Waals surface area contributed by atoms with Gasteiger partial charge in [0.05, 0.1) is 12.6 Å². The number of nitrogens with one attached hydrogen (secondary N) is 2. The summed E-state index contributed by atoms with van der Waals surface area (Å²) in [7, 11) is 0. The Labute approximate surface area is 169 Å². The zero-order chi connectivity index (χ0) is 20.6. The molecule has 3 rings (SSSR count). The average molecular weight is 395 g/mol. The van der Waals surface area contributed by atoms with Crippen molar-refractivity contribution in [3.63, 3.8) is 0 Å². The van der Waals surface area contributed by atoms with Crippen molar-refractivity contribution in [3.8, 4) is 0 Å². The van der Waals surface area contributed by atoms with Crippen LogP contribution in [0, 0.1) is 0 Å². The first-order chi connectivity index (χ1) is 14.1. The van der Waals surface area contributed by atoms with Crippen LogP contribution in [-0.4, -0.2) is 47.0 Å². The predicted octanol–water partition coefficient (Wildman–Crippen LogP) is 1.78. The topological polar surface area (TPSA) is 98.7 Å². The maximum Gasteiger partial charge on any atom is 0.324 e. The van der Waals surface area contributed by atoms with Crippen molar-refractivity contribution in [1.82, 2.24) is 15.5 Å². The number of benzene rings is 2. The first-order valence-electron chi connectivity index (χ1n) is 9.69. The number of carbonyl (C=O) groups is 3. The lowest BCUT2D eigenvalue weighted by atomic mass is 10.1. The second-order valence-electron chi connectivity index (χ2n) is 6.98. The van der Waals surface area contributed by atoms with Gasteiger partial charge in [-0.25, -0.2) is 4.79 Å². The van der Waals surface area contributed by atoms with Crippen molar-refractivity contribution in [1.29, 1.82) is 0 Å². The Morgan fingerprint density at radius 1 is 1.07 bits per heavy atom. The standard InChI is InChI=1S/C22H25N3O4/c26-15-19(17-9-5-2-6-10-17)23-20(27)12-11-18-21(28)25(22(29)24-18)14-13-16-7-3-1-4-8-16/h1-10,18-19,26H,11-15H2,(H,23,27)(H,24,29)/t18?,19-/m1/s1. The Morgan fingerprint density at radius 2 is 1.72 bits per heavy atom. The van der Waals surface area contributed by atoms with E-state index in [1.54, 1.807) is 0 Å². The van der Waals surface area contributed by atoms with E-state index in [9.17, 15) is 19.5 Å². The largest absolute Gasteiger partial charge is 0.394 e. The summed E-state index contributed by atoms with van der Waals surface area (Å²) in [5.74, 6) is -0.585. The molecule has 4 amide bonds. The maximum absolute atomic E-state index is 12.5. The summed E-state index contributed by atoms with van der Waals surface area (Å²) in [6.45, 7) is 0.0834. The van der Waals surface area contributed by atoms with Crippen molar-refractivity contribution >= 4 is 17.8 Å². The van der Waals surface area contributed by atoms with Crippen molar-refractivity contribution < 1.29 is 19.5 Å². The lowest BCUT2D eigenvalue weighted by molar-refractivity contribution is -0.127. The van der Waals surface area contributed by atoms with E-state index < -0.39 is 18.1 Å². The zero-order valence-corrected chi connectivity index (χ0v) is 16.1. The minimum Gasteiger partial charge on any atom is -0.394 e. The van der Waals surface area contributed by atoms with Crippen LogP contribution in [0.5, 0.6) is 0 Å². The summed E-state index contributed by atoms with van der Waals surface area (Å²) < 4.78 is 0. The third kappa shape index (κ3) is 5.42. The molecule has 1 heterocycles. The number of aliphatic hydroxyl groups excluding tert-OH is 1. The molecular weight excluding hydrogens is 370 g/mol. The number of amides is 4. The molecule has 1 aliphatic heterocycles. The van der Waals surface area contributed by atoms with Crippen LogP contribution >= 0.6 is 0 Å². The summed E-state index contributed by atoms with van der Waals surface area (Å²) in [4.78, 5) is 38.1. The summed E-state index contributed by atoms with van der Waals surface area (Å²) in [5, 5.41) is 15.0. The predicted molar refractivity (Wildman–Crippen MR) is 108 cm³/mol. The number of aliphatic hydroxyl groups is 1. The van der Waals surface area contributed by atoms with Gasteiger partial charge in [-0.3, -0.25) is 14.5 Å². The van der Waals surface area contributed by atoms with Crippen molar-refractivity contribution in [2.24, 2.45) is 0 Å². The molecule has 1 fully saturated rings. The van der Waals surface area contributed by atoms with Crippen LogP contribution in [0.1, 0.15) is 30.0 Å². The van der Waals surface area contributed by atoms with Crippen LogP contribution in [0.3, 0.4) is 0 Å². The summed E-state index contributed by atoms with van der Waals surface area (Å²) in [6.07, 6.45) is 0.875. The molecule has 7 heteroatoms. The third-order valence-electron chi connectivity index (χ3n) is 4.95. The second-order valence-corrected chi connectivity index (χ2v) is 6.98. The zero-order valence-electron chi connectivity index (χ0n) is 16.1. The minimum absolute atomic E-state index is 0.0759. The van der Waals surface area contributed by atoms with Crippen molar-refractivity contribution in [3.05, 3.63) is 71.8 Å². The van der Waals surface area contributed by atoms with E-state index in [1.807, 2.05) is 60.7 Å². The quantitative estimate of drug-likeness (QED) is 0.564. The molecule has 0 saturated carbocycles. The van der Waals surface area contributed by atoms with Crippen LogP contribution in [0.15, 0.2) is 60.7 Å². The van der Waals surface area contributed by atoms with Gasteiger partial charge in [0.15, 0.2) is 0 Å². The fraction of sp³-hybridized carbons (Fsp3) is 0.318. The Hall–Kier alpha value is -3.19. The normalized spacial score (nSPS) is 17.1. The van der Waals surface area contributed by atoms with Gasteiger partial charge in [-0.15, -0.1) is 0 Å². The van der Waals surface area contributed by atoms with E-state index in [2.05, 4.69) is 10.6 Å². The lowest BCUT2D eigenvalue weighted by Gasteiger charge is -2.17. The molecule has 29 heavy (non-hydrogen) atoms. The third-order valence-corrected chi connectivity index (χ3v) is 4.95. The molecular formula is C22H25N3O4. The van der Waals surface area contributed by atoms with Gasteiger partial charge in [0, 0.05) is 13.0 Å². The number of imide groups is 1. The molecule has 0 bridgehead atoms. The lowest BCUT2D eigenvalue weighted by Crippen LogP contribution is -2.35. The van der Waals surface area contributed by atoms with Gasteiger partial charge in [0.1, 0.15) is 6.04 Å². The molecule has 2 atom stereocenters. The summed E-state index contributed by atoms with van der Waals surface area (Å²) >= 11 is 0. The van der Waals surface area contributed by atoms with Crippen LogP contribution in [0.25, 0.3) is 0 Å². The molecule has 3 N–H and O–H groups in total. The van der Waals surface area contributed by atoms with Crippen LogP contribution < -0.4 is 10.6 Å². The SMILES string of the molecule is O=C(CCC1NC(=O)N(CCc2ccccc2)C1=O)N[C@H](CO)c1ccccc1. The first-order valence-corrected chi connectivity index (χ1v) is 9.69. The molecule has 1 unspecified atom stereocenters. The molecule has 152 valence electrons. The van der Waals surface area contributed by atoms with Gasteiger partial charge in [0.2, 0.25) is 5.91 Å². The molecule has 1 aliphatic rings. The minimum atomic E-state index is -0.701. The van der Waals surface area contributed by atoms with E-state index in [0.29, 0.717) is 13.0 Å². The van der Waals surface area contributed by atoms with Crippen molar-refractivity contribution in [2.75, 3.05) is 13.2 Å². The maximum atomic E-state index is 12.5. The highest BCUT2D eigenvalue weighted by Gasteiger charge is 2.37. The highest BCUT2D eigenvalue weighted by molar-refractivity contribution is 6.04. The number of nitrogens with zero attached hydrogens (tertiary/aromatic N) is 1. The van der Waals surface area contributed by atoms with Gasteiger partial charge < -0.3 is 15.7 Å². The second kappa shape index (κ2) is 9.84. The Balaban J connectivity index is 1.48. The summed E-state index contributed by atoms with van der Waals surface area (Å²) in [6, 6.07) is 17.2. The van der Waals surface area contributed by atoms with Crippen molar-refractivity contribution in [2.45, 2.75) is 31.3 Å². The number of urea groups is 1. The number of carbonyl (C=O) groups excluding carboxylic acids is 3. The fourth-order valence-corrected chi connectivity index (χ4v) is 3.33. The van der Waals surface area contributed by atoms with Gasteiger partial charge >= 0.3 is 6.03 Å². The molecule has 2 aromatic rings. The highest BCUT2D eigenvalue weighted by Crippen LogP contribution is 2.15. The van der Waals surface area contributed by atoms with E-state index in [1.165, 1.54) is 4.90 Å². The van der Waals surface area contributed by atoms with Crippen LogP contribution in [0.2, 0.25) is 0 Å². The van der Waals surface area contributed by atoms with Gasteiger partial charge in [-0.1, -0.05) is 60.7 Å². The highest BCUT2D eigenvalue weighted by atomic mass is 16.3. The van der Waals surface area contributed by atoms with Crippen LogP contribution in [0.4, 0.5) is 4.79 Å². The van der Waals surface area contributed by atoms with E-state index in [0.717, 1.165) is 11.1 Å². The van der Waals surface area contributed by atoms with E-state index in [4.69, 9.17) is 0 Å².